The van der Waals surface area contributed by atoms with Crippen molar-refractivity contribution in [3.05, 3.63) is 0 Å². The summed E-state index contributed by atoms with van der Waals surface area (Å²) in [4.78, 5) is 36.0. The van der Waals surface area contributed by atoms with Gasteiger partial charge in [-0.15, -0.1) is 0 Å². The number of carboxylic acids is 1. The van der Waals surface area contributed by atoms with E-state index in [2.05, 4.69) is 5.32 Å². The summed E-state index contributed by atoms with van der Waals surface area (Å²) in [6, 6.07) is 0. The van der Waals surface area contributed by atoms with E-state index in [-0.39, 0.29) is 18.4 Å². The lowest BCUT2D eigenvalue weighted by Crippen LogP contribution is -2.40. The second-order valence-corrected chi connectivity index (χ2v) is 5.66. The van der Waals surface area contributed by atoms with Crippen molar-refractivity contribution >= 4 is 17.8 Å². The predicted octanol–water partition coefficient (Wildman–Crippen LogP) is 0.328. The zero-order valence-electron chi connectivity index (χ0n) is 11.9. The zero-order valence-corrected chi connectivity index (χ0v) is 11.9. The lowest BCUT2D eigenvalue weighted by Gasteiger charge is -2.17. The molecule has 0 heterocycles. The van der Waals surface area contributed by atoms with Crippen LogP contribution in [0.15, 0.2) is 0 Å². The molecule has 1 rings (SSSR count). The summed E-state index contributed by atoms with van der Waals surface area (Å²) in [5, 5.41) is 11.7. The minimum atomic E-state index is -0.952. The van der Waals surface area contributed by atoms with E-state index in [1.54, 1.807) is 13.8 Å². The molecule has 6 heteroatoms. The number of carbonyl (C=O) groups is 3. The molecule has 2 atom stereocenters. The van der Waals surface area contributed by atoms with Gasteiger partial charge in [0.05, 0.1) is 18.4 Å². The van der Waals surface area contributed by atoms with E-state index in [0.717, 1.165) is 6.42 Å². The van der Waals surface area contributed by atoms with Crippen molar-refractivity contribution < 1.29 is 19.5 Å². The number of nitrogens with one attached hydrogen (secondary N) is 1. The summed E-state index contributed by atoms with van der Waals surface area (Å²) in [6.45, 7) is 6.02. The van der Waals surface area contributed by atoms with E-state index >= 15 is 0 Å². The van der Waals surface area contributed by atoms with Crippen LogP contribution in [0.1, 0.15) is 27.2 Å². The molecule has 1 aliphatic carbocycles. The largest absolute Gasteiger partial charge is 0.481 e. The molecule has 1 aliphatic rings. The minimum absolute atomic E-state index is 0.0300. The van der Waals surface area contributed by atoms with Crippen molar-refractivity contribution in [2.24, 2.45) is 17.3 Å². The van der Waals surface area contributed by atoms with Gasteiger partial charge in [0.2, 0.25) is 11.8 Å². The lowest BCUT2D eigenvalue weighted by molar-refractivity contribution is -0.142. The fourth-order valence-corrected chi connectivity index (χ4v) is 2.41. The fourth-order valence-electron chi connectivity index (χ4n) is 2.41. The quantitative estimate of drug-likeness (QED) is 0.728. The number of rotatable bonds is 6. The summed E-state index contributed by atoms with van der Waals surface area (Å²) in [5.74, 6) is -2.63. The van der Waals surface area contributed by atoms with E-state index in [0.29, 0.717) is 6.54 Å². The number of carbonyl (C=O) groups excluding carboxylic acids is 2. The minimum Gasteiger partial charge on any atom is -0.481 e. The van der Waals surface area contributed by atoms with Gasteiger partial charge in [-0.3, -0.25) is 14.4 Å². The SMILES string of the molecule is CCCNC(=O)CN(C)C(=O)[C@H]1[C@@H](C(=O)O)C1(C)C. The highest BCUT2D eigenvalue weighted by molar-refractivity contribution is 5.93. The van der Waals surface area contributed by atoms with Crippen LogP contribution in [0.5, 0.6) is 0 Å². The Bertz CT molecular complexity index is 392. The van der Waals surface area contributed by atoms with Crippen LogP contribution in [0.2, 0.25) is 0 Å². The van der Waals surface area contributed by atoms with Crippen LogP contribution in [0.25, 0.3) is 0 Å². The van der Waals surface area contributed by atoms with E-state index in [4.69, 9.17) is 5.11 Å². The van der Waals surface area contributed by atoms with Gasteiger partial charge < -0.3 is 15.3 Å². The van der Waals surface area contributed by atoms with Gasteiger partial charge in [-0.05, 0) is 11.8 Å². The molecule has 0 unspecified atom stereocenters. The molecule has 108 valence electrons. The Morgan fingerprint density at radius 3 is 2.26 bits per heavy atom. The first kappa shape index (κ1) is 15.5. The summed E-state index contributed by atoms with van der Waals surface area (Å²) in [7, 11) is 1.53. The molecule has 0 aromatic carbocycles. The van der Waals surface area contributed by atoms with Crippen LogP contribution in [0.3, 0.4) is 0 Å². The van der Waals surface area contributed by atoms with Crippen molar-refractivity contribution in [3.8, 4) is 0 Å². The predicted molar refractivity (Wildman–Crippen MR) is 69.3 cm³/mol. The molecule has 0 bridgehead atoms. The standard InChI is InChI=1S/C13H22N2O4/c1-5-6-14-8(16)7-15(4)11(17)9-10(12(18)19)13(9,2)3/h9-10H,5-7H2,1-4H3,(H,14,16)(H,18,19)/t9-,10+/m1/s1. The van der Waals surface area contributed by atoms with Crippen LogP contribution >= 0.6 is 0 Å². The number of nitrogens with zero attached hydrogens (tertiary/aromatic N) is 1. The Morgan fingerprint density at radius 1 is 1.26 bits per heavy atom. The Kier molecular flexibility index (Phi) is 4.55. The second-order valence-electron chi connectivity index (χ2n) is 5.66. The summed E-state index contributed by atoms with van der Waals surface area (Å²) >= 11 is 0. The first-order valence-electron chi connectivity index (χ1n) is 6.48. The molecule has 0 aromatic rings. The molecule has 1 fully saturated rings. The Balaban J connectivity index is 2.55. The highest BCUT2D eigenvalue weighted by atomic mass is 16.4. The average molecular weight is 270 g/mol. The van der Waals surface area contributed by atoms with E-state index in [9.17, 15) is 14.4 Å². The van der Waals surface area contributed by atoms with Crippen LogP contribution in [-0.2, 0) is 14.4 Å². The average Bonchev–Trinajstić information content (AvgIpc) is 2.88. The summed E-state index contributed by atoms with van der Waals surface area (Å²) in [6.07, 6.45) is 0.833. The molecule has 1 saturated carbocycles. The van der Waals surface area contributed by atoms with Crippen molar-refractivity contribution in [1.29, 1.82) is 0 Å². The number of hydrogen-bond acceptors (Lipinski definition) is 3. The van der Waals surface area contributed by atoms with Gasteiger partial charge in [-0.25, -0.2) is 0 Å². The van der Waals surface area contributed by atoms with Crippen LogP contribution < -0.4 is 5.32 Å². The molecule has 0 spiro atoms. The topological polar surface area (TPSA) is 86.7 Å². The van der Waals surface area contributed by atoms with Crippen LogP contribution in [0.4, 0.5) is 0 Å². The second kappa shape index (κ2) is 5.59. The van der Waals surface area contributed by atoms with Gasteiger partial charge in [0.25, 0.3) is 0 Å². The number of likely N-dealkylation sites (N-methyl/N-ethyl adjacent to an activating group) is 1. The number of aliphatic carboxylic acids is 1. The molecule has 2 amide bonds. The van der Waals surface area contributed by atoms with Gasteiger partial charge in [0.15, 0.2) is 0 Å². The molecule has 0 radical (unpaired) electrons. The normalized spacial score (nSPS) is 23.6. The van der Waals surface area contributed by atoms with Crippen molar-refractivity contribution in [1.82, 2.24) is 10.2 Å². The maximum Gasteiger partial charge on any atom is 0.307 e. The molecule has 0 aliphatic heterocycles. The maximum atomic E-state index is 12.1. The number of amides is 2. The van der Waals surface area contributed by atoms with Gasteiger partial charge in [0, 0.05) is 13.6 Å². The third kappa shape index (κ3) is 3.24. The van der Waals surface area contributed by atoms with E-state index in [1.165, 1.54) is 11.9 Å². The molecule has 2 N–H and O–H groups in total. The smallest absolute Gasteiger partial charge is 0.307 e. The van der Waals surface area contributed by atoms with Crippen LogP contribution in [-0.4, -0.2) is 47.9 Å². The lowest BCUT2D eigenvalue weighted by atomic mass is 10.1. The summed E-state index contributed by atoms with van der Waals surface area (Å²) in [5.41, 5.74) is -0.531. The molecule has 6 nitrogen and oxygen atoms in total. The first-order chi connectivity index (χ1) is 8.73. The first-order valence-corrected chi connectivity index (χ1v) is 6.48. The fraction of sp³-hybridized carbons (Fsp3) is 0.769. The van der Waals surface area contributed by atoms with E-state index in [1.807, 2.05) is 6.92 Å². The van der Waals surface area contributed by atoms with E-state index < -0.39 is 23.2 Å². The Hall–Kier alpha value is -1.59. The monoisotopic (exact) mass is 270 g/mol. The third-order valence-corrected chi connectivity index (χ3v) is 3.69. The zero-order chi connectivity index (χ0) is 14.8. The highest BCUT2D eigenvalue weighted by Crippen LogP contribution is 2.58. The van der Waals surface area contributed by atoms with Crippen LogP contribution in [0, 0.1) is 17.3 Å². The Labute approximate surface area is 113 Å². The number of carboxylic acid groups (broad SMARTS) is 1. The molecule has 0 saturated heterocycles. The molecular formula is C13H22N2O4. The van der Waals surface area contributed by atoms with Crippen molar-refractivity contribution in [2.45, 2.75) is 27.2 Å². The Morgan fingerprint density at radius 2 is 1.84 bits per heavy atom. The molecular weight excluding hydrogens is 248 g/mol. The van der Waals surface area contributed by atoms with Gasteiger partial charge in [0.1, 0.15) is 0 Å². The highest BCUT2D eigenvalue weighted by Gasteiger charge is 2.66. The van der Waals surface area contributed by atoms with Crippen molar-refractivity contribution in [2.75, 3.05) is 20.1 Å². The molecule has 19 heavy (non-hydrogen) atoms. The van der Waals surface area contributed by atoms with Crippen molar-refractivity contribution in [3.63, 3.8) is 0 Å². The molecule has 0 aromatic heterocycles. The van der Waals surface area contributed by atoms with Gasteiger partial charge in [-0.1, -0.05) is 20.8 Å². The third-order valence-electron chi connectivity index (χ3n) is 3.69. The number of hydrogen-bond donors (Lipinski definition) is 2. The van der Waals surface area contributed by atoms with Gasteiger partial charge >= 0.3 is 5.97 Å². The maximum absolute atomic E-state index is 12.1. The van der Waals surface area contributed by atoms with Gasteiger partial charge in [-0.2, -0.15) is 0 Å². The summed E-state index contributed by atoms with van der Waals surface area (Å²) < 4.78 is 0.